The van der Waals surface area contributed by atoms with Crippen LogP contribution < -0.4 is 10.5 Å². The molecule has 1 heterocycles. The van der Waals surface area contributed by atoms with Gasteiger partial charge in [0.2, 0.25) is 0 Å². The molecule has 0 saturated carbocycles. The average Bonchev–Trinajstić information content (AvgIpc) is 2.35. The molecule has 2 aromatic rings. The second kappa shape index (κ2) is 4.54. The number of aryl methyl sites for hydroxylation is 1. The molecule has 84 valence electrons. The summed E-state index contributed by atoms with van der Waals surface area (Å²) in [5.41, 5.74) is 7.68. The van der Waals surface area contributed by atoms with Crippen molar-refractivity contribution in [1.82, 2.24) is 4.98 Å². The summed E-state index contributed by atoms with van der Waals surface area (Å²) in [6.07, 6.45) is 1.62. The minimum Gasteiger partial charge on any atom is -0.454 e. The van der Waals surface area contributed by atoms with Gasteiger partial charge in [-0.05, 0) is 31.2 Å². The smallest absolute Gasteiger partial charge is 0.151 e. The first kappa shape index (κ1) is 11.0. The maximum Gasteiger partial charge on any atom is 0.151 e. The van der Waals surface area contributed by atoms with Gasteiger partial charge in [-0.15, -0.1) is 0 Å². The zero-order valence-corrected chi connectivity index (χ0v) is 9.34. The first-order valence-electron chi connectivity index (χ1n) is 5.09. The van der Waals surface area contributed by atoms with Crippen LogP contribution in [-0.4, -0.2) is 4.98 Å². The number of pyridine rings is 1. The third-order valence-electron chi connectivity index (χ3n) is 2.25. The van der Waals surface area contributed by atoms with E-state index >= 15 is 0 Å². The number of anilines is 1. The summed E-state index contributed by atoms with van der Waals surface area (Å²) >= 11 is 0. The van der Waals surface area contributed by atoms with E-state index in [2.05, 4.69) is 4.98 Å². The molecule has 0 aliphatic heterocycles. The van der Waals surface area contributed by atoms with Crippen LogP contribution in [0.5, 0.6) is 11.5 Å². The van der Waals surface area contributed by atoms with Crippen LogP contribution in [0.25, 0.3) is 0 Å². The highest BCUT2D eigenvalue weighted by molar-refractivity contribution is 5.57. The molecule has 0 radical (unpaired) electrons. The molecular formula is C13H11N3O. The fourth-order valence-electron chi connectivity index (χ4n) is 1.33. The van der Waals surface area contributed by atoms with Gasteiger partial charge in [0.15, 0.2) is 5.75 Å². The Bertz CT molecular complexity index is 570. The lowest BCUT2D eigenvalue weighted by Crippen LogP contribution is -1.93. The maximum atomic E-state index is 8.80. The third kappa shape index (κ3) is 2.52. The number of aromatic nitrogens is 1. The summed E-state index contributed by atoms with van der Waals surface area (Å²) in [6, 6.07) is 10.6. The number of nitriles is 1. The number of nitrogen functional groups attached to an aromatic ring is 1. The highest BCUT2D eigenvalue weighted by Gasteiger charge is 2.04. The first-order valence-corrected chi connectivity index (χ1v) is 5.09. The van der Waals surface area contributed by atoms with Crippen LogP contribution >= 0.6 is 0 Å². The van der Waals surface area contributed by atoms with Gasteiger partial charge in [0.1, 0.15) is 5.75 Å². The van der Waals surface area contributed by atoms with E-state index in [9.17, 15) is 0 Å². The predicted molar refractivity (Wildman–Crippen MR) is 64.6 cm³/mol. The largest absolute Gasteiger partial charge is 0.454 e. The zero-order chi connectivity index (χ0) is 12.3. The zero-order valence-electron chi connectivity index (χ0n) is 9.34. The number of rotatable bonds is 2. The summed E-state index contributed by atoms with van der Waals surface area (Å²) in [6.45, 7) is 1.90. The van der Waals surface area contributed by atoms with Crippen molar-refractivity contribution >= 4 is 5.69 Å². The van der Waals surface area contributed by atoms with Gasteiger partial charge >= 0.3 is 0 Å². The van der Waals surface area contributed by atoms with Crippen LogP contribution in [0.1, 0.15) is 11.3 Å². The molecule has 0 unspecified atom stereocenters. The quantitative estimate of drug-likeness (QED) is 0.797. The van der Waals surface area contributed by atoms with E-state index in [0.29, 0.717) is 22.7 Å². The number of hydrogen-bond acceptors (Lipinski definition) is 4. The van der Waals surface area contributed by atoms with Gasteiger partial charge < -0.3 is 10.5 Å². The van der Waals surface area contributed by atoms with E-state index in [4.69, 9.17) is 15.7 Å². The molecule has 0 fully saturated rings. The fourth-order valence-corrected chi connectivity index (χ4v) is 1.33. The summed E-state index contributed by atoms with van der Waals surface area (Å²) in [7, 11) is 0. The molecule has 0 saturated heterocycles. The highest BCUT2D eigenvalue weighted by atomic mass is 16.5. The third-order valence-corrected chi connectivity index (χ3v) is 2.25. The molecule has 17 heavy (non-hydrogen) atoms. The van der Waals surface area contributed by atoms with Crippen molar-refractivity contribution in [2.75, 3.05) is 5.73 Å². The van der Waals surface area contributed by atoms with Crippen molar-refractivity contribution in [3.8, 4) is 17.6 Å². The molecule has 1 aromatic heterocycles. The van der Waals surface area contributed by atoms with Gasteiger partial charge in [0, 0.05) is 11.8 Å². The lowest BCUT2D eigenvalue weighted by molar-refractivity contribution is 0.482. The van der Waals surface area contributed by atoms with Gasteiger partial charge in [0.05, 0.1) is 23.5 Å². The normalized spacial score (nSPS) is 9.65. The van der Waals surface area contributed by atoms with Crippen molar-refractivity contribution in [3.05, 3.63) is 47.8 Å². The minimum absolute atomic E-state index is 0.467. The number of ether oxygens (including phenoxy) is 1. The van der Waals surface area contributed by atoms with Gasteiger partial charge in [0.25, 0.3) is 0 Å². The molecule has 0 atom stereocenters. The molecule has 4 heteroatoms. The van der Waals surface area contributed by atoms with Crippen LogP contribution in [0, 0.1) is 18.3 Å². The van der Waals surface area contributed by atoms with Crippen LogP contribution in [-0.2, 0) is 0 Å². The van der Waals surface area contributed by atoms with Crippen LogP contribution in [0.2, 0.25) is 0 Å². The number of benzene rings is 1. The van der Waals surface area contributed by atoms with Crippen LogP contribution in [0.15, 0.2) is 36.5 Å². The molecule has 0 aliphatic rings. The first-order chi connectivity index (χ1) is 8.19. The lowest BCUT2D eigenvalue weighted by atomic mass is 10.2. The number of nitrogens with zero attached hydrogens (tertiary/aromatic N) is 2. The van der Waals surface area contributed by atoms with Crippen molar-refractivity contribution in [2.24, 2.45) is 0 Å². The Morgan fingerprint density at radius 3 is 2.76 bits per heavy atom. The van der Waals surface area contributed by atoms with Gasteiger partial charge in [-0.25, -0.2) is 0 Å². The Kier molecular flexibility index (Phi) is 2.93. The summed E-state index contributed by atoms with van der Waals surface area (Å²) in [4.78, 5) is 4.12. The standard InChI is InChI=1S/C13H11N3O/c1-9-2-4-11(8-16-9)17-13-6-10(7-14)3-5-12(13)15/h2-6,8H,15H2,1H3. The van der Waals surface area contributed by atoms with Crippen molar-refractivity contribution in [1.29, 1.82) is 5.26 Å². The Labute approximate surface area is 99.3 Å². The summed E-state index contributed by atoms with van der Waals surface area (Å²) < 4.78 is 5.57. The molecule has 2 rings (SSSR count). The predicted octanol–water partition coefficient (Wildman–Crippen LogP) is 2.64. The van der Waals surface area contributed by atoms with E-state index in [0.717, 1.165) is 5.69 Å². The number of nitrogens with two attached hydrogens (primary N) is 1. The van der Waals surface area contributed by atoms with Gasteiger partial charge in [-0.2, -0.15) is 5.26 Å². The molecule has 4 nitrogen and oxygen atoms in total. The highest BCUT2D eigenvalue weighted by Crippen LogP contribution is 2.27. The molecule has 0 bridgehead atoms. The van der Waals surface area contributed by atoms with Gasteiger partial charge in [-0.3, -0.25) is 4.98 Å². The second-order valence-corrected chi connectivity index (χ2v) is 3.60. The summed E-state index contributed by atoms with van der Waals surface area (Å²) in [5.74, 6) is 1.06. The SMILES string of the molecule is Cc1ccc(Oc2cc(C#N)ccc2N)cn1. The molecule has 0 amide bonds. The van der Waals surface area contributed by atoms with Gasteiger partial charge in [-0.1, -0.05) is 0 Å². The van der Waals surface area contributed by atoms with E-state index in [-0.39, 0.29) is 0 Å². The topological polar surface area (TPSA) is 71.9 Å². The molecule has 1 aromatic carbocycles. The lowest BCUT2D eigenvalue weighted by Gasteiger charge is -2.08. The van der Waals surface area contributed by atoms with E-state index in [1.54, 1.807) is 30.5 Å². The van der Waals surface area contributed by atoms with Crippen molar-refractivity contribution in [2.45, 2.75) is 6.92 Å². The Morgan fingerprint density at radius 2 is 2.12 bits per heavy atom. The monoisotopic (exact) mass is 225 g/mol. The Morgan fingerprint density at radius 1 is 1.29 bits per heavy atom. The molecule has 2 N–H and O–H groups in total. The Balaban J connectivity index is 2.29. The maximum absolute atomic E-state index is 8.80. The Hall–Kier alpha value is -2.54. The van der Waals surface area contributed by atoms with Crippen LogP contribution in [0.3, 0.4) is 0 Å². The van der Waals surface area contributed by atoms with Crippen LogP contribution in [0.4, 0.5) is 5.69 Å². The summed E-state index contributed by atoms with van der Waals surface area (Å²) in [5, 5.41) is 8.80. The second-order valence-electron chi connectivity index (χ2n) is 3.60. The van der Waals surface area contributed by atoms with E-state index in [1.165, 1.54) is 0 Å². The van der Waals surface area contributed by atoms with E-state index in [1.807, 2.05) is 19.1 Å². The number of hydrogen-bond donors (Lipinski definition) is 1. The molecule has 0 spiro atoms. The molecule has 0 aliphatic carbocycles. The van der Waals surface area contributed by atoms with E-state index < -0.39 is 0 Å². The van der Waals surface area contributed by atoms with Crippen molar-refractivity contribution < 1.29 is 4.74 Å². The minimum atomic E-state index is 0.467. The fraction of sp³-hybridized carbons (Fsp3) is 0.0769. The van der Waals surface area contributed by atoms with Crippen molar-refractivity contribution in [3.63, 3.8) is 0 Å². The molecular weight excluding hydrogens is 214 g/mol. The average molecular weight is 225 g/mol.